The maximum atomic E-state index is 10.6. The van der Waals surface area contributed by atoms with Gasteiger partial charge in [0.2, 0.25) is 0 Å². The fourth-order valence-corrected chi connectivity index (χ4v) is 2.58. The van der Waals surface area contributed by atoms with Gasteiger partial charge in [-0.05, 0) is 23.0 Å². The Morgan fingerprint density at radius 1 is 1.27 bits per heavy atom. The van der Waals surface area contributed by atoms with Crippen LogP contribution in [0.1, 0.15) is 58.1 Å². The summed E-state index contributed by atoms with van der Waals surface area (Å²) in [5, 5.41) is 10.1. The van der Waals surface area contributed by atoms with Crippen LogP contribution < -0.4 is 5.32 Å². The first-order chi connectivity index (χ1) is 10.4. The van der Waals surface area contributed by atoms with Gasteiger partial charge in [0.1, 0.15) is 18.3 Å². The Labute approximate surface area is 133 Å². The Bertz CT molecular complexity index is 528. The minimum Gasteiger partial charge on any atom is -0.351 e. The van der Waals surface area contributed by atoms with E-state index < -0.39 is 0 Å². The molecule has 0 radical (unpaired) electrons. The van der Waals surface area contributed by atoms with E-state index in [1.165, 1.54) is 11.1 Å². The summed E-state index contributed by atoms with van der Waals surface area (Å²) in [4.78, 5) is 10.6. The number of amidine groups is 1. The van der Waals surface area contributed by atoms with Gasteiger partial charge in [-0.15, -0.1) is 0 Å². The zero-order valence-corrected chi connectivity index (χ0v) is 14.1. The van der Waals surface area contributed by atoms with Gasteiger partial charge in [-0.25, -0.2) is 0 Å². The first-order valence-corrected chi connectivity index (χ1v) is 8.07. The number of hydrazone groups is 1. The number of hydrogen-bond donors (Lipinski definition) is 1. The fourth-order valence-electron chi connectivity index (χ4n) is 2.58. The average molecular weight is 301 g/mol. The standard InChI is InChI=1S/C18H27N3O/c1-5-16-19-17(7-6-12-22)21(20-16)13-14-8-10-15(11-9-14)18(2,3)4/h8-12,17H,5-7,13H2,1-4H3,(H,19,20). The molecule has 0 aliphatic carbocycles. The van der Waals surface area contributed by atoms with E-state index in [0.29, 0.717) is 6.42 Å². The molecule has 1 atom stereocenters. The van der Waals surface area contributed by atoms with E-state index in [9.17, 15) is 4.79 Å². The van der Waals surface area contributed by atoms with Crippen LogP contribution in [0.2, 0.25) is 0 Å². The van der Waals surface area contributed by atoms with Gasteiger partial charge >= 0.3 is 0 Å². The second-order valence-electron chi connectivity index (χ2n) is 6.85. The van der Waals surface area contributed by atoms with Crippen LogP contribution in [0.4, 0.5) is 0 Å². The van der Waals surface area contributed by atoms with E-state index in [1.807, 2.05) is 0 Å². The number of benzene rings is 1. The summed E-state index contributed by atoms with van der Waals surface area (Å²) < 4.78 is 0. The maximum absolute atomic E-state index is 10.6. The lowest BCUT2D eigenvalue weighted by atomic mass is 9.87. The van der Waals surface area contributed by atoms with Crippen LogP contribution in [0.5, 0.6) is 0 Å². The predicted molar refractivity (Wildman–Crippen MR) is 90.6 cm³/mol. The third-order valence-electron chi connectivity index (χ3n) is 4.00. The lowest BCUT2D eigenvalue weighted by molar-refractivity contribution is -0.108. The van der Waals surface area contributed by atoms with E-state index in [2.05, 4.69) is 67.4 Å². The quantitative estimate of drug-likeness (QED) is 0.819. The molecule has 0 amide bonds. The van der Waals surface area contributed by atoms with Crippen LogP contribution in [0.3, 0.4) is 0 Å². The third kappa shape index (κ3) is 4.09. The first-order valence-electron chi connectivity index (χ1n) is 8.07. The molecule has 1 aliphatic rings. The minimum absolute atomic E-state index is 0.127. The van der Waals surface area contributed by atoms with Gasteiger partial charge in [0.25, 0.3) is 0 Å². The Balaban J connectivity index is 2.06. The molecule has 2 rings (SSSR count). The van der Waals surface area contributed by atoms with Gasteiger partial charge in [-0.1, -0.05) is 52.0 Å². The number of carbonyl (C=O) groups is 1. The van der Waals surface area contributed by atoms with Crippen molar-refractivity contribution in [3.63, 3.8) is 0 Å². The van der Waals surface area contributed by atoms with Crippen molar-refractivity contribution >= 4 is 12.1 Å². The summed E-state index contributed by atoms with van der Waals surface area (Å²) in [6.07, 6.45) is 3.33. The van der Waals surface area contributed by atoms with Crippen molar-refractivity contribution in [1.29, 1.82) is 0 Å². The summed E-state index contributed by atoms with van der Waals surface area (Å²) in [6, 6.07) is 8.75. The molecule has 0 saturated heterocycles. The first kappa shape index (κ1) is 16.5. The Kier molecular flexibility index (Phi) is 5.22. The molecule has 1 aromatic rings. The zero-order valence-electron chi connectivity index (χ0n) is 14.1. The van der Waals surface area contributed by atoms with E-state index in [1.54, 1.807) is 0 Å². The van der Waals surface area contributed by atoms with Gasteiger partial charge in [0.05, 0.1) is 6.54 Å². The number of nitrogens with zero attached hydrogens (tertiary/aromatic N) is 2. The molecule has 1 unspecified atom stereocenters. The molecular weight excluding hydrogens is 274 g/mol. The molecule has 1 heterocycles. The number of rotatable bonds is 6. The van der Waals surface area contributed by atoms with E-state index in [0.717, 1.165) is 31.5 Å². The number of aldehydes is 1. The van der Waals surface area contributed by atoms with Crippen molar-refractivity contribution < 1.29 is 4.79 Å². The second-order valence-corrected chi connectivity index (χ2v) is 6.85. The van der Waals surface area contributed by atoms with E-state index in [4.69, 9.17) is 0 Å². The molecule has 0 bridgehead atoms. The average Bonchev–Trinajstić information content (AvgIpc) is 2.87. The molecule has 0 spiro atoms. The fraction of sp³-hybridized carbons (Fsp3) is 0.556. The van der Waals surface area contributed by atoms with Gasteiger partial charge in [0, 0.05) is 12.8 Å². The molecule has 0 aromatic heterocycles. The number of carbonyl (C=O) groups excluding carboxylic acids is 1. The lowest BCUT2D eigenvalue weighted by Gasteiger charge is -2.24. The predicted octanol–water partition coefficient (Wildman–Crippen LogP) is 3.42. The van der Waals surface area contributed by atoms with Crippen LogP contribution in [0.15, 0.2) is 29.4 Å². The summed E-state index contributed by atoms with van der Waals surface area (Å²) in [5.74, 6) is 1.00. The normalized spacial score (nSPS) is 18.1. The van der Waals surface area contributed by atoms with Gasteiger partial charge in [0.15, 0.2) is 0 Å². The van der Waals surface area contributed by atoms with Crippen molar-refractivity contribution in [3.8, 4) is 0 Å². The third-order valence-corrected chi connectivity index (χ3v) is 4.00. The van der Waals surface area contributed by atoms with Crippen molar-refractivity contribution in [2.24, 2.45) is 5.10 Å². The number of hydrogen-bond acceptors (Lipinski definition) is 4. The largest absolute Gasteiger partial charge is 0.351 e. The highest BCUT2D eigenvalue weighted by molar-refractivity contribution is 5.83. The summed E-state index contributed by atoms with van der Waals surface area (Å²) >= 11 is 0. The monoisotopic (exact) mass is 301 g/mol. The molecular formula is C18H27N3O. The van der Waals surface area contributed by atoms with Gasteiger partial charge < -0.3 is 10.1 Å². The van der Waals surface area contributed by atoms with Crippen LogP contribution in [0.25, 0.3) is 0 Å². The zero-order chi connectivity index (χ0) is 16.2. The lowest BCUT2D eigenvalue weighted by Crippen LogP contribution is -2.37. The Hall–Kier alpha value is -1.84. The molecule has 4 nitrogen and oxygen atoms in total. The summed E-state index contributed by atoms with van der Waals surface area (Å²) in [6.45, 7) is 9.52. The van der Waals surface area contributed by atoms with Gasteiger partial charge in [-0.2, -0.15) is 5.10 Å². The van der Waals surface area contributed by atoms with Crippen molar-refractivity contribution in [3.05, 3.63) is 35.4 Å². The molecule has 120 valence electrons. The molecule has 1 aliphatic heterocycles. The van der Waals surface area contributed by atoms with Crippen LogP contribution in [-0.2, 0) is 16.8 Å². The topological polar surface area (TPSA) is 44.7 Å². The smallest absolute Gasteiger partial charge is 0.123 e. The Morgan fingerprint density at radius 2 is 1.95 bits per heavy atom. The Morgan fingerprint density at radius 3 is 2.50 bits per heavy atom. The molecule has 1 aromatic carbocycles. The highest BCUT2D eigenvalue weighted by Crippen LogP contribution is 2.23. The minimum atomic E-state index is 0.127. The molecule has 0 saturated carbocycles. The van der Waals surface area contributed by atoms with Gasteiger partial charge in [-0.3, -0.25) is 5.01 Å². The van der Waals surface area contributed by atoms with Crippen LogP contribution in [0, 0.1) is 0 Å². The summed E-state index contributed by atoms with van der Waals surface area (Å²) in [7, 11) is 0. The molecule has 22 heavy (non-hydrogen) atoms. The van der Waals surface area contributed by atoms with Crippen LogP contribution >= 0.6 is 0 Å². The molecule has 4 heteroatoms. The SMILES string of the molecule is CCC1=NN(Cc2ccc(C(C)(C)C)cc2)C(CCC=O)N1. The maximum Gasteiger partial charge on any atom is 0.123 e. The highest BCUT2D eigenvalue weighted by atomic mass is 16.1. The van der Waals surface area contributed by atoms with E-state index in [-0.39, 0.29) is 11.6 Å². The van der Waals surface area contributed by atoms with E-state index >= 15 is 0 Å². The van der Waals surface area contributed by atoms with Crippen molar-refractivity contribution in [2.45, 2.75) is 65.1 Å². The molecule has 0 fully saturated rings. The van der Waals surface area contributed by atoms with Crippen LogP contribution in [-0.4, -0.2) is 23.3 Å². The van der Waals surface area contributed by atoms with Crippen molar-refractivity contribution in [2.75, 3.05) is 0 Å². The highest BCUT2D eigenvalue weighted by Gasteiger charge is 2.24. The van der Waals surface area contributed by atoms with Crippen molar-refractivity contribution in [1.82, 2.24) is 10.3 Å². The summed E-state index contributed by atoms with van der Waals surface area (Å²) in [5.41, 5.74) is 2.76. The number of nitrogens with one attached hydrogen (secondary N) is 1. The molecule has 1 N–H and O–H groups in total. The second kappa shape index (κ2) is 6.95.